The van der Waals surface area contributed by atoms with Crippen molar-refractivity contribution in [2.75, 3.05) is 0 Å². The molecule has 4 heteroatoms. The number of rotatable bonds is 2. The molecule has 0 aromatic heterocycles. The first-order chi connectivity index (χ1) is 8.11. The zero-order chi connectivity index (χ0) is 12.4. The molecule has 2 aromatic carbocycles. The molecule has 0 amide bonds. The van der Waals surface area contributed by atoms with E-state index in [1.807, 2.05) is 0 Å². The number of aliphatic hydroxyl groups excluding tert-OH is 1. The van der Waals surface area contributed by atoms with Gasteiger partial charge in [0.25, 0.3) is 0 Å². The van der Waals surface area contributed by atoms with Gasteiger partial charge in [-0.1, -0.05) is 41.9 Å². The van der Waals surface area contributed by atoms with Gasteiger partial charge < -0.3 is 5.11 Å². The van der Waals surface area contributed by atoms with E-state index in [-0.39, 0.29) is 16.1 Å². The van der Waals surface area contributed by atoms with Crippen LogP contribution < -0.4 is 0 Å². The highest BCUT2D eigenvalue weighted by Gasteiger charge is 2.19. The van der Waals surface area contributed by atoms with Crippen LogP contribution in [0.15, 0.2) is 42.5 Å². The largest absolute Gasteiger partial charge is 0.383 e. The van der Waals surface area contributed by atoms with Crippen LogP contribution in [0.25, 0.3) is 0 Å². The van der Waals surface area contributed by atoms with Gasteiger partial charge in [-0.05, 0) is 12.1 Å². The molecule has 1 N–H and O–H groups in total. The lowest BCUT2D eigenvalue weighted by Crippen LogP contribution is -2.05. The molecular weight excluding hydrogens is 246 g/mol. The third kappa shape index (κ3) is 2.30. The predicted molar refractivity (Wildman–Crippen MR) is 61.9 cm³/mol. The van der Waals surface area contributed by atoms with Gasteiger partial charge in [-0.2, -0.15) is 0 Å². The molecule has 1 unspecified atom stereocenters. The maximum absolute atomic E-state index is 13.7. The molecule has 0 heterocycles. The second-order valence-corrected chi connectivity index (χ2v) is 3.97. The molecule has 1 nitrogen and oxygen atoms in total. The van der Waals surface area contributed by atoms with Gasteiger partial charge in [0.05, 0.1) is 5.02 Å². The molecule has 0 aliphatic carbocycles. The Morgan fingerprint density at radius 1 is 0.941 bits per heavy atom. The highest BCUT2D eigenvalue weighted by molar-refractivity contribution is 6.30. The molecule has 0 aliphatic rings. The van der Waals surface area contributed by atoms with E-state index in [2.05, 4.69) is 0 Å². The number of halogens is 3. The second kappa shape index (κ2) is 4.82. The van der Waals surface area contributed by atoms with Crippen LogP contribution in [0.1, 0.15) is 17.2 Å². The third-order valence-electron chi connectivity index (χ3n) is 2.48. The van der Waals surface area contributed by atoms with Crippen LogP contribution >= 0.6 is 11.6 Å². The van der Waals surface area contributed by atoms with E-state index in [9.17, 15) is 13.9 Å². The summed E-state index contributed by atoms with van der Waals surface area (Å²) in [6, 6.07) is 9.93. The maximum atomic E-state index is 13.7. The lowest BCUT2D eigenvalue weighted by atomic mass is 10.0. The van der Waals surface area contributed by atoms with Crippen LogP contribution in [-0.2, 0) is 0 Å². The van der Waals surface area contributed by atoms with E-state index in [1.54, 1.807) is 6.07 Å². The fourth-order valence-electron chi connectivity index (χ4n) is 1.60. The fourth-order valence-corrected chi connectivity index (χ4v) is 1.78. The van der Waals surface area contributed by atoms with E-state index in [1.165, 1.54) is 36.4 Å². The van der Waals surface area contributed by atoms with Crippen molar-refractivity contribution < 1.29 is 13.9 Å². The summed E-state index contributed by atoms with van der Waals surface area (Å²) >= 11 is 5.61. The van der Waals surface area contributed by atoms with Gasteiger partial charge in [0.2, 0.25) is 0 Å². The normalized spacial score (nSPS) is 12.5. The first kappa shape index (κ1) is 12.0. The Balaban J connectivity index is 2.48. The van der Waals surface area contributed by atoms with E-state index in [0.29, 0.717) is 0 Å². The molecule has 0 saturated carbocycles. The minimum atomic E-state index is -1.37. The molecule has 0 aliphatic heterocycles. The first-order valence-corrected chi connectivity index (χ1v) is 5.35. The van der Waals surface area contributed by atoms with Crippen LogP contribution in [0.5, 0.6) is 0 Å². The van der Waals surface area contributed by atoms with Gasteiger partial charge >= 0.3 is 0 Å². The second-order valence-electron chi connectivity index (χ2n) is 3.57. The Kier molecular flexibility index (Phi) is 3.41. The van der Waals surface area contributed by atoms with Gasteiger partial charge in [-0.3, -0.25) is 0 Å². The monoisotopic (exact) mass is 254 g/mol. The van der Waals surface area contributed by atoms with Gasteiger partial charge in [-0.15, -0.1) is 0 Å². The van der Waals surface area contributed by atoms with Crippen LogP contribution in [0, 0.1) is 11.6 Å². The minimum absolute atomic E-state index is 0.0219. The average Bonchev–Trinajstić information content (AvgIpc) is 2.32. The highest BCUT2D eigenvalue weighted by Crippen LogP contribution is 2.29. The molecule has 2 aromatic rings. The summed E-state index contributed by atoms with van der Waals surface area (Å²) < 4.78 is 27.1. The summed E-state index contributed by atoms with van der Waals surface area (Å²) in [5.41, 5.74) is -0.0173. The van der Waals surface area contributed by atoms with Gasteiger partial charge in [-0.25, -0.2) is 8.78 Å². The molecule has 0 fully saturated rings. The van der Waals surface area contributed by atoms with Crippen LogP contribution in [-0.4, -0.2) is 5.11 Å². The molecule has 88 valence electrons. The fraction of sp³-hybridized carbons (Fsp3) is 0.0769. The minimum Gasteiger partial charge on any atom is -0.383 e. The molecular formula is C13H9ClF2O. The topological polar surface area (TPSA) is 20.2 Å². The van der Waals surface area contributed by atoms with Crippen LogP contribution in [0.4, 0.5) is 8.78 Å². The molecule has 1 atom stereocenters. The first-order valence-electron chi connectivity index (χ1n) is 4.97. The van der Waals surface area contributed by atoms with Crippen LogP contribution in [0.2, 0.25) is 5.02 Å². The Morgan fingerprint density at radius 2 is 1.59 bits per heavy atom. The number of aliphatic hydroxyl groups is 1. The molecule has 0 spiro atoms. The number of hydrogen-bond donors (Lipinski definition) is 1. The van der Waals surface area contributed by atoms with Gasteiger partial charge in [0, 0.05) is 11.1 Å². The van der Waals surface area contributed by atoms with E-state index in [4.69, 9.17) is 11.6 Å². The highest BCUT2D eigenvalue weighted by atomic mass is 35.5. The molecule has 0 bridgehead atoms. The summed E-state index contributed by atoms with van der Waals surface area (Å²) in [7, 11) is 0. The zero-order valence-electron chi connectivity index (χ0n) is 8.70. The Morgan fingerprint density at radius 3 is 2.29 bits per heavy atom. The number of hydrogen-bond acceptors (Lipinski definition) is 1. The van der Waals surface area contributed by atoms with Crippen molar-refractivity contribution >= 4 is 11.6 Å². The quantitative estimate of drug-likeness (QED) is 0.866. The van der Waals surface area contributed by atoms with E-state index in [0.717, 1.165) is 0 Å². The molecule has 17 heavy (non-hydrogen) atoms. The summed E-state index contributed by atoms with van der Waals surface area (Å²) in [5.74, 6) is -1.32. The summed E-state index contributed by atoms with van der Waals surface area (Å²) in [4.78, 5) is 0. The van der Waals surface area contributed by atoms with E-state index >= 15 is 0 Å². The SMILES string of the molecule is OC(c1ccccc1F)c1cccc(Cl)c1F. The zero-order valence-corrected chi connectivity index (χ0v) is 9.46. The van der Waals surface area contributed by atoms with Crippen LogP contribution in [0.3, 0.4) is 0 Å². The predicted octanol–water partition coefficient (Wildman–Crippen LogP) is 3.70. The standard InChI is InChI=1S/C13H9ClF2O/c14-10-6-3-5-9(12(10)16)13(17)8-4-1-2-7-11(8)15/h1-7,13,17H. The summed E-state index contributed by atoms with van der Waals surface area (Å²) in [5, 5.41) is 9.84. The Labute approximate surface area is 102 Å². The van der Waals surface area contributed by atoms with Crippen molar-refractivity contribution in [1.29, 1.82) is 0 Å². The van der Waals surface area contributed by atoms with Crippen molar-refractivity contribution in [3.8, 4) is 0 Å². The Hall–Kier alpha value is -1.45. The smallest absolute Gasteiger partial charge is 0.147 e. The Bertz CT molecular complexity index is 543. The third-order valence-corrected chi connectivity index (χ3v) is 2.77. The molecule has 0 saturated heterocycles. The van der Waals surface area contributed by atoms with E-state index < -0.39 is 17.7 Å². The average molecular weight is 255 g/mol. The van der Waals surface area contributed by atoms with Crippen molar-refractivity contribution in [2.45, 2.75) is 6.10 Å². The van der Waals surface area contributed by atoms with Crippen molar-refractivity contribution in [1.82, 2.24) is 0 Å². The lowest BCUT2D eigenvalue weighted by molar-refractivity contribution is 0.210. The molecule has 2 rings (SSSR count). The van der Waals surface area contributed by atoms with Crippen molar-refractivity contribution in [3.63, 3.8) is 0 Å². The van der Waals surface area contributed by atoms with Crippen molar-refractivity contribution in [2.24, 2.45) is 0 Å². The van der Waals surface area contributed by atoms with Crippen molar-refractivity contribution in [3.05, 3.63) is 70.2 Å². The summed E-state index contributed by atoms with van der Waals surface area (Å²) in [6.07, 6.45) is -1.37. The maximum Gasteiger partial charge on any atom is 0.147 e. The lowest BCUT2D eigenvalue weighted by Gasteiger charge is -2.13. The molecule has 0 radical (unpaired) electrons. The number of benzene rings is 2. The van der Waals surface area contributed by atoms with Gasteiger partial charge in [0.15, 0.2) is 0 Å². The summed E-state index contributed by atoms with van der Waals surface area (Å²) in [6.45, 7) is 0. The van der Waals surface area contributed by atoms with Gasteiger partial charge in [0.1, 0.15) is 17.7 Å².